The Morgan fingerprint density at radius 3 is 2.58 bits per heavy atom. The lowest BCUT2D eigenvalue weighted by Crippen LogP contribution is -2.33. The average molecular weight is 447 g/mol. The highest BCUT2D eigenvalue weighted by molar-refractivity contribution is 5.98. The number of likely N-dealkylation sites (tertiary alicyclic amines) is 1. The number of carbonyl (C=O) groups is 1. The highest BCUT2D eigenvalue weighted by Gasteiger charge is 2.13. The molecule has 0 unspecified atom stereocenters. The predicted octanol–water partition coefficient (Wildman–Crippen LogP) is 4.24. The summed E-state index contributed by atoms with van der Waals surface area (Å²) in [4.78, 5) is 23.0. The standard InChI is InChI=1S/C25H30N6O2/c1-18-6-5-7-20(16-18)28-24-22(23(26)32)17-27-25(30-24)29-19-8-10-21(11-9-19)33-15-14-31-12-3-2-4-13-31/h5-11,16-17H,2-4,12-15H2,1H3,(H2,26,32)(H2,27,28,29,30). The van der Waals surface area contributed by atoms with Crippen molar-refractivity contribution >= 4 is 29.0 Å². The molecule has 1 amide bonds. The lowest BCUT2D eigenvalue weighted by molar-refractivity contribution is 0.100. The van der Waals surface area contributed by atoms with Gasteiger partial charge < -0.3 is 21.1 Å². The Morgan fingerprint density at radius 2 is 1.85 bits per heavy atom. The number of nitrogens with two attached hydrogens (primary N) is 1. The van der Waals surface area contributed by atoms with E-state index in [0.29, 0.717) is 18.4 Å². The highest BCUT2D eigenvalue weighted by atomic mass is 16.5. The van der Waals surface area contributed by atoms with Crippen molar-refractivity contribution in [2.24, 2.45) is 5.73 Å². The van der Waals surface area contributed by atoms with Gasteiger partial charge in [-0.1, -0.05) is 18.6 Å². The molecule has 1 saturated heterocycles. The van der Waals surface area contributed by atoms with Crippen LogP contribution in [0.4, 0.5) is 23.1 Å². The van der Waals surface area contributed by atoms with Crippen LogP contribution in [-0.4, -0.2) is 47.0 Å². The summed E-state index contributed by atoms with van der Waals surface area (Å²) in [6, 6.07) is 15.4. The molecule has 33 heavy (non-hydrogen) atoms. The zero-order valence-corrected chi connectivity index (χ0v) is 18.9. The van der Waals surface area contributed by atoms with Gasteiger partial charge in [0.1, 0.15) is 23.7 Å². The second kappa shape index (κ2) is 10.8. The average Bonchev–Trinajstić information content (AvgIpc) is 2.81. The number of hydrogen-bond acceptors (Lipinski definition) is 7. The second-order valence-electron chi connectivity index (χ2n) is 8.21. The van der Waals surface area contributed by atoms with Gasteiger partial charge in [0, 0.05) is 24.1 Å². The maximum atomic E-state index is 11.8. The molecule has 172 valence electrons. The van der Waals surface area contributed by atoms with Crippen LogP contribution in [0.2, 0.25) is 0 Å². The molecule has 1 aliphatic rings. The number of primary amides is 1. The third-order valence-corrected chi connectivity index (χ3v) is 5.57. The first-order chi connectivity index (χ1) is 16.1. The van der Waals surface area contributed by atoms with Crippen LogP contribution in [-0.2, 0) is 0 Å². The second-order valence-corrected chi connectivity index (χ2v) is 8.21. The molecule has 1 fully saturated rings. The number of anilines is 4. The van der Waals surface area contributed by atoms with Gasteiger partial charge in [0.25, 0.3) is 5.91 Å². The molecule has 1 aromatic heterocycles. The molecule has 0 saturated carbocycles. The molecule has 0 bridgehead atoms. The van der Waals surface area contributed by atoms with Crippen molar-refractivity contribution in [2.75, 3.05) is 36.9 Å². The molecule has 0 spiro atoms. The van der Waals surface area contributed by atoms with Crippen molar-refractivity contribution in [1.29, 1.82) is 0 Å². The Hall–Kier alpha value is -3.65. The molecule has 0 aliphatic carbocycles. The van der Waals surface area contributed by atoms with Gasteiger partial charge in [-0.05, 0) is 74.8 Å². The van der Waals surface area contributed by atoms with E-state index in [2.05, 4.69) is 25.5 Å². The fourth-order valence-electron chi connectivity index (χ4n) is 3.82. The van der Waals surface area contributed by atoms with Crippen molar-refractivity contribution in [3.8, 4) is 5.75 Å². The van der Waals surface area contributed by atoms with Crippen LogP contribution in [0.3, 0.4) is 0 Å². The summed E-state index contributed by atoms with van der Waals surface area (Å²) in [6.07, 6.45) is 5.33. The van der Waals surface area contributed by atoms with Gasteiger partial charge in [0.2, 0.25) is 5.95 Å². The molecule has 2 aromatic carbocycles. The number of benzene rings is 2. The number of rotatable bonds is 9. The van der Waals surface area contributed by atoms with Crippen LogP contribution < -0.4 is 21.1 Å². The number of aromatic nitrogens is 2. The third kappa shape index (κ3) is 6.43. The van der Waals surface area contributed by atoms with E-state index in [9.17, 15) is 4.79 Å². The summed E-state index contributed by atoms with van der Waals surface area (Å²) in [5.41, 5.74) is 8.44. The number of amides is 1. The molecular formula is C25H30N6O2. The Kier molecular flexibility index (Phi) is 7.36. The van der Waals surface area contributed by atoms with Crippen LogP contribution in [0.1, 0.15) is 35.2 Å². The van der Waals surface area contributed by atoms with Crippen LogP contribution in [0, 0.1) is 6.92 Å². The summed E-state index contributed by atoms with van der Waals surface area (Å²) < 4.78 is 5.89. The number of piperidine rings is 1. The van der Waals surface area contributed by atoms with Crippen LogP contribution in [0.15, 0.2) is 54.7 Å². The number of carbonyl (C=O) groups excluding carboxylic acids is 1. The topological polar surface area (TPSA) is 105 Å². The van der Waals surface area contributed by atoms with E-state index in [1.54, 1.807) is 0 Å². The highest BCUT2D eigenvalue weighted by Crippen LogP contribution is 2.23. The van der Waals surface area contributed by atoms with Crippen molar-refractivity contribution < 1.29 is 9.53 Å². The molecule has 4 N–H and O–H groups in total. The summed E-state index contributed by atoms with van der Waals surface area (Å²) in [5.74, 6) is 0.935. The van der Waals surface area contributed by atoms with Crippen molar-refractivity contribution in [3.63, 3.8) is 0 Å². The van der Waals surface area contributed by atoms with E-state index < -0.39 is 5.91 Å². The van der Waals surface area contributed by atoms with E-state index >= 15 is 0 Å². The van der Waals surface area contributed by atoms with Gasteiger partial charge in [-0.3, -0.25) is 9.69 Å². The van der Waals surface area contributed by atoms with Crippen LogP contribution >= 0.6 is 0 Å². The molecule has 8 heteroatoms. The maximum Gasteiger partial charge on any atom is 0.254 e. The minimum atomic E-state index is -0.595. The molecular weight excluding hydrogens is 416 g/mol. The lowest BCUT2D eigenvalue weighted by Gasteiger charge is -2.26. The Labute approximate surface area is 194 Å². The van der Waals surface area contributed by atoms with E-state index in [1.165, 1.54) is 38.5 Å². The third-order valence-electron chi connectivity index (χ3n) is 5.57. The molecule has 1 aliphatic heterocycles. The lowest BCUT2D eigenvalue weighted by atomic mass is 10.1. The van der Waals surface area contributed by atoms with Crippen LogP contribution in [0.5, 0.6) is 5.75 Å². The minimum absolute atomic E-state index is 0.222. The molecule has 3 aromatic rings. The number of ether oxygens (including phenoxy) is 1. The van der Waals surface area contributed by atoms with Crippen molar-refractivity contribution in [1.82, 2.24) is 14.9 Å². The number of nitrogens with zero attached hydrogens (tertiary/aromatic N) is 3. The van der Waals surface area contributed by atoms with Gasteiger partial charge in [0.15, 0.2) is 0 Å². The van der Waals surface area contributed by atoms with Crippen molar-refractivity contribution in [3.05, 3.63) is 65.9 Å². The number of aryl methyl sites for hydroxylation is 1. The monoisotopic (exact) mass is 446 g/mol. The van der Waals surface area contributed by atoms with E-state index in [1.807, 2.05) is 55.5 Å². The summed E-state index contributed by atoms with van der Waals surface area (Å²) in [5, 5.41) is 6.33. The van der Waals surface area contributed by atoms with E-state index in [-0.39, 0.29) is 5.56 Å². The molecule has 4 rings (SSSR count). The zero-order chi connectivity index (χ0) is 23.0. The van der Waals surface area contributed by atoms with Gasteiger partial charge in [0.05, 0.1) is 0 Å². The fraction of sp³-hybridized carbons (Fsp3) is 0.320. The minimum Gasteiger partial charge on any atom is -0.492 e. The normalized spacial score (nSPS) is 14.0. The summed E-state index contributed by atoms with van der Waals surface area (Å²) in [7, 11) is 0. The first-order valence-corrected chi connectivity index (χ1v) is 11.3. The smallest absolute Gasteiger partial charge is 0.254 e. The SMILES string of the molecule is Cc1cccc(Nc2nc(Nc3ccc(OCCN4CCCCC4)cc3)ncc2C(N)=O)c1. The van der Waals surface area contributed by atoms with Gasteiger partial charge >= 0.3 is 0 Å². The first-order valence-electron chi connectivity index (χ1n) is 11.3. The van der Waals surface area contributed by atoms with Gasteiger partial charge in [-0.25, -0.2) is 4.98 Å². The largest absolute Gasteiger partial charge is 0.492 e. The number of hydrogen-bond donors (Lipinski definition) is 3. The Bertz CT molecular complexity index is 1080. The van der Waals surface area contributed by atoms with Crippen molar-refractivity contribution in [2.45, 2.75) is 26.2 Å². The first kappa shape index (κ1) is 22.5. The molecule has 0 radical (unpaired) electrons. The van der Waals surface area contributed by atoms with Gasteiger partial charge in [-0.2, -0.15) is 4.98 Å². The predicted molar refractivity (Wildman–Crippen MR) is 131 cm³/mol. The molecule has 8 nitrogen and oxygen atoms in total. The Balaban J connectivity index is 1.39. The fourth-order valence-corrected chi connectivity index (χ4v) is 3.82. The van der Waals surface area contributed by atoms with Crippen LogP contribution in [0.25, 0.3) is 0 Å². The van der Waals surface area contributed by atoms with E-state index in [0.717, 1.165) is 29.2 Å². The van der Waals surface area contributed by atoms with Gasteiger partial charge in [-0.15, -0.1) is 0 Å². The summed E-state index contributed by atoms with van der Waals surface area (Å²) in [6.45, 7) is 5.96. The summed E-state index contributed by atoms with van der Waals surface area (Å²) >= 11 is 0. The molecule has 2 heterocycles. The number of nitrogens with one attached hydrogen (secondary N) is 2. The molecule has 0 atom stereocenters. The quantitative estimate of drug-likeness (QED) is 0.451. The Morgan fingerprint density at radius 1 is 1.06 bits per heavy atom. The van der Waals surface area contributed by atoms with E-state index in [4.69, 9.17) is 10.5 Å². The zero-order valence-electron chi connectivity index (χ0n) is 18.9. The maximum absolute atomic E-state index is 11.8.